The minimum atomic E-state index is -3.74. The third-order valence-electron chi connectivity index (χ3n) is 4.08. The second-order valence-electron chi connectivity index (χ2n) is 6.80. The monoisotopic (exact) mass is 455 g/mol. The molecular formula is C22H21N3O4S2. The lowest BCUT2D eigenvalue weighted by atomic mass is 10.1. The number of carbonyl (C=O) groups is 1. The van der Waals surface area contributed by atoms with Gasteiger partial charge in [0, 0.05) is 17.5 Å². The number of hydrogen-bond donors (Lipinski definition) is 3. The lowest BCUT2D eigenvalue weighted by Gasteiger charge is -2.11. The summed E-state index contributed by atoms with van der Waals surface area (Å²) in [6.45, 7) is 3.81. The van der Waals surface area contributed by atoms with Crippen LogP contribution in [0.3, 0.4) is 0 Å². The number of anilines is 2. The number of nitrogens with one attached hydrogen (secondary N) is 3. The molecule has 0 fully saturated rings. The van der Waals surface area contributed by atoms with Crippen molar-refractivity contribution in [3.8, 4) is 0 Å². The Balaban J connectivity index is 1.60. The van der Waals surface area contributed by atoms with Gasteiger partial charge in [0.1, 0.15) is 5.76 Å². The molecular weight excluding hydrogens is 434 g/mol. The van der Waals surface area contributed by atoms with Gasteiger partial charge in [-0.3, -0.25) is 14.8 Å². The first-order valence-electron chi connectivity index (χ1n) is 9.26. The number of thiocarbonyl (C=S) groups is 1. The molecule has 3 N–H and O–H groups in total. The average molecular weight is 456 g/mol. The smallest absolute Gasteiger partial charge is 0.261 e. The van der Waals surface area contributed by atoms with Gasteiger partial charge in [0.15, 0.2) is 5.11 Å². The second-order valence-corrected chi connectivity index (χ2v) is 8.89. The van der Waals surface area contributed by atoms with Crippen molar-refractivity contribution in [2.45, 2.75) is 18.7 Å². The number of furan rings is 1. The highest BCUT2D eigenvalue weighted by Gasteiger charge is 2.14. The Hall–Kier alpha value is -3.43. The van der Waals surface area contributed by atoms with Gasteiger partial charge in [0.05, 0.1) is 11.2 Å². The standard InChI is InChI=1S/C22H21N3O4S2/c1-15-12-16(2)14-18(13-15)25-31(27,28)20-8-5-17(6-9-20)23-22(30)24-21(26)10-7-19-4-3-11-29-19/h3-14,25H,1-2H3,(H2,23,24,26,30)/b10-7+. The van der Waals surface area contributed by atoms with E-state index in [0.29, 0.717) is 17.1 Å². The Labute approximate surface area is 186 Å². The van der Waals surface area contributed by atoms with E-state index in [1.165, 1.54) is 30.5 Å². The van der Waals surface area contributed by atoms with Crippen molar-refractivity contribution < 1.29 is 17.6 Å². The molecule has 31 heavy (non-hydrogen) atoms. The Kier molecular flexibility index (Phi) is 6.88. The summed E-state index contributed by atoms with van der Waals surface area (Å²) >= 11 is 5.11. The predicted octanol–water partition coefficient (Wildman–Crippen LogP) is 4.22. The molecule has 7 nitrogen and oxygen atoms in total. The zero-order chi connectivity index (χ0) is 22.4. The summed E-state index contributed by atoms with van der Waals surface area (Å²) in [6, 6.07) is 15.0. The molecule has 1 amide bonds. The molecule has 0 saturated carbocycles. The molecule has 0 aliphatic carbocycles. The summed E-state index contributed by atoms with van der Waals surface area (Å²) in [5, 5.41) is 5.42. The first-order chi connectivity index (χ1) is 14.7. The third kappa shape index (κ3) is 6.53. The third-order valence-corrected chi connectivity index (χ3v) is 5.68. The highest BCUT2D eigenvalue weighted by atomic mass is 32.2. The zero-order valence-electron chi connectivity index (χ0n) is 16.9. The van der Waals surface area contributed by atoms with Gasteiger partial charge in [-0.1, -0.05) is 6.07 Å². The lowest BCUT2D eigenvalue weighted by Crippen LogP contribution is -2.32. The molecule has 160 valence electrons. The van der Waals surface area contributed by atoms with E-state index < -0.39 is 15.9 Å². The molecule has 9 heteroatoms. The molecule has 3 aromatic rings. The highest BCUT2D eigenvalue weighted by molar-refractivity contribution is 7.92. The van der Waals surface area contributed by atoms with E-state index in [0.717, 1.165) is 11.1 Å². The maximum atomic E-state index is 12.6. The summed E-state index contributed by atoms with van der Waals surface area (Å²) in [7, 11) is -3.74. The van der Waals surface area contributed by atoms with E-state index in [1.54, 1.807) is 36.4 Å². The van der Waals surface area contributed by atoms with Crippen LogP contribution in [-0.4, -0.2) is 19.4 Å². The number of sulfonamides is 1. The van der Waals surface area contributed by atoms with Crippen LogP contribution in [-0.2, 0) is 14.8 Å². The van der Waals surface area contributed by atoms with Crippen LogP contribution < -0.4 is 15.4 Å². The fraction of sp³-hybridized carbons (Fsp3) is 0.0909. The minimum Gasteiger partial charge on any atom is -0.465 e. The van der Waals surface area contributed by atoms with Crippen LogP contribution in [0.2, 0.25) is 0 Å². The Morgan fingerprint density at radius 3 is 2.29 bits per heavy atom. The number of hydrogen-bond acceptors (Lipinski definition) is 5. The van der Waals surface area contributed by atoms with Crippen molar-refractivity contribution in [1.29, 1.82) is 0 Å². The molecule has 0 radical (unpaired) electrons. The molecule has 0 atom stereocenters. The molecule has 0 unspecified atom stereocenters. The van der Waals surface area contributed by atoms with E-state index >= 15 is 0 Å². The number of rotatable bonds is 6. The molecule has 0 aliphatic heterocycles. The lowest BCUT2D eigenvalue weighted by molar-refractivity contribution is -0.115. The van der Waals surface area contributed by atoms with Crippen molar-refractivity contribution in [2.75, 3.05) is 10.0 Å². The number of carbonyl (C=O) groups excluding carboxylic acids is 1. The van der Waals surface area contributed by atoms with Gasteiger partial charge >= 0.3 is 0 Å². The molecule has 1 aromatic heterocycles. The molecule has 0 spiro atoms. The van der Waals surface area contributed by atoms with Crippen LogP contribution in [0.1, 0.15) is 16.9 Å². The number of amides is 1. The number of aryl methyl sites for hydroxylation is 2. The van der Waals surface area contributed by atoms with E-state index in [1.807, 2.05) is 19.9 Å². The average Bonchev–Trinajstić information content (AvgIpc) is 3.19. The number of benzene rings is 2. The van der Waals surface area contributed by atoms with Crippen molar-refractivity contribution >= 4 is 50.7 Å². The minimum absolute atomic E-state index is 0.0815. The van der Waals surface area contributed by atoms with Crippen molar-refractivity contribution in [2.24, 2.45) is 0 Å². The second kappa shape index (κ2) is 9.59. The van der Waals surface area contributed by atoms with E-state index in [9.17, 15) is 13.2 Å². The Morgan fingerprint density at radius 1 is 1.00 bits per heavy atom. The fourth-order valence-corrected chi connectivity index (χ4v) is 4.08. The predicted molar refractivity (Wildman–Crippen MR) is 125 cm³/mol. The fourth-order valence-electron chi connectivity index (χ4n) is 2.82. The van der Waals surface area contributed by atoms with E-state index in [4.69, 9.17) is 16.6 Å². The maximum absolute atomic E-state index is 12.6. The van der Waals surface area contributed by atoms with Crippen LogP contribution in [0.4, 0.5) is 11.4 Å². The molecule has 0 aliphatic rings. The topological polar surface area (TPSA) is 100 Å². The molecule has 3 rings (SSSR count). The first kappa shape index (κ1) is 22.3. The first-order valence-corrected chi connectivity index (χ1v) is 11.2. The van der Waals surface area contributed by atoms with Crippen LogP contribution in [0.15, 0.2) is 76.2 Å². The summed E-state index contributed by atoms with van der Waals surface area (Å²) in [5.41, 5.74) is 2.97. The van der Waals surface area contributed by atoms with Gasteiger partial charge in [-0.2, -0.15) is 0 Å². The van der Waals surface area contributed by atoms with Gasteiger partial charge in [-0.25, -0.2) is 8.42 Å². The summed E-state index contributed by atoms with van der Waals surface area (Å²) in [4.78, 5) is 12.0. The van der Waals surface area contributed by atoms with Crippen molar-refractivity contribution in [3.63, 3.8) is 0 Å². The molecule has 0 saturated heterocycles. The SMILES string of the molecule is Cc1cc(C)cc(NS(=O)(=O)c2ccc(NC(=S)NC(=O)/C=C/c3ccco3)cc2)c1. The van der Waals surface area contributed by atoms with Crippen molar-refractivity contribution in [3.05, 3.63) is 83.8 Å². The summed E-state index contributed by atoms with van der Waals surface area (Å²) in [5.74, 6) is 0.117. The van der Waals surface area contributed by atoms with Gasteiger partial charge in [0.25, 0.3) is 10.0 Å². The highest BCUT2D eigenvalue weighted by Crippen LogP contribution is 2.20. The summed E-state index contributed by atoms with van der Waals surface area (Å²) < 4.78 is 33.0. The van der Waals surface area contributed by atoms with Crippen LogP contribution in [0, 0.1) is 13.8 Å². The maximum Gasteiger partial charge on any atom is 0.261 e. The van der Waals surface area contributed by atoms with Crippen LogP contribution >= 0.6 is 12.2 Å². The summed E-state index contributed by atoms with van der Waals surface area (Å²) in [6.07, 6.45) is 4.31. The Morgan fingerprint density at radius 2 is 1.68 bits per heavy atom. The largest absolute Gasteiger partial charge is 0.465 e. The van der Waals surface area contributed by atoms with Crippen molar-refractivity contribution in [1.82, 2.24) is 5.32 Å². The van der Waals surface area contributed by atoms with Gasteiger partial charge in [-0.05, 0) is 91.8 Å². The normalized spacial score (nSPS) is 11.3. The van der Waals surface area contributed by atoms with Gasteiger partial charge in [0.2, 0.25) is 5.91 Å². The van der Waals surface area contributed by atoms with Gasteiger partial charge < -0.3 is 9.73 Å². The van der Waals surface area contributed by atoms with Crippen LogP contribution in [0.25, 0.3) is 6.08 Å². The quantitative estimate of drug-likeness (QED) is 0.380. The zero-order valence-corrected chi connectivity index (χ0v) is 18.5. The van der Waals surface area contributed by atoms with Gasteiger partial charge in [-0.15, -0.1) is 0 Å². The molecule has 1 heterocycles. The van der Waals surface area contributed by atoms with Crippen LogP contribution in [0.5, 0.6) is 0 Å². The molecule has 0 bridgehead atoms. The van der Waals surface area contributed by atoms with E-state index in [2.05, 4.69) is 15.4 Å². The Bertz CT molecular complexity index is 1200. The van der Waals surface area contributed by atoms with E-state index in [-0.39, 0.29) is 10.0 Å². The molecule has 2 aromatic carbocycles.